The molecule has 0 bridgehead atoms. The zero-order valence-electron chi connectivity index (χ0n) is 15.0. The molecule has 1 aromatic heterocycles. The molecule has 1 heterocycles. The van der Waals surface area contributed by atoms with Crippen molar-refractivity contribution in [1.82, 2.24) is 15.3 Å². The van der Waals surface area contributed by atoms with Crippen LogP contribution in [-0.4, -0.2) is 23.0 Å². The molecule has 0 spiro atoms. The molecule has 0 saturated heterocycles. The van der Waals surface area contributed by atoms with E-state index in [1.807, 2.05) is 43.3 Å². The van der Waals surface area contributed by atoms with E-state index in [0.717, 1.165) is 22.1 Å². The zero-order chi connectivity index (χ0) is 18.7. The molecule has 1 atom stereocenters. The maximum atomic E-state index is 12.5. The van der Waals surface area contributed by atoms with Crippen LogP contribution in [0.25, 0.3) is 10.8 Å². The van der Waals surface area contributed by atoms with Crippen molar-refractivity contribution < 1.29 is 9.53 Å². The summed E-state index contributed by atoms with van der Waals surface area (Å²) in [7, 11) is 1.64. The highest BCUT2D eigenvalue weighted by Crippen LogP contribution is 2.25. The van der Waals surface area contributed by atoms with Gasteiger partial charge >= 0.3 is 0 Å². The standard InChI is InChI=1S/C20H21N3O3/c1-12(20(25)21-11-17-10-19(24)23-13(2)22-17)14-4-5-16-9-18(26-3)7-6-15(16)8-14/h4-10,12H,11H2,1-3H3,(H,21,25)(H,22,23,24)/t12-/m0/s1. The maximum Gasteiger partial charge on any atom is 0.251 e. The van der Waals surface area contributed by atoms with Gasteiger partial charge in [0.25, 0.3) is 5.56 Å². The first-order valence-electron chi connectivity index (χ1n) is 8.38. The van der Waals surface area contributed by atoms with E-state index in [1.54, 1.807) is 14.0 Å². The van der Waals surface area contributed by atoms with Gasteiger partial charge in [0, 0.05) is 6.07 Å². The first-order chi connectivity index (χ1) is 12.5. The van der Waals surface area contributed by atoms with Gasteiger partial charge in [0.1, 0.15) is 11.6 Å². The predicted molar refractivity (Wildman–Crippen MR) is 100 cm³/mol. The molecule has 1 amide bonds. The zero-order valence-corrected chi connectivity index (χ0v) is 15.0. The van der Waals surface area contributed by atoms with Gasteiger partial charge in [-0.2, -0.15) is 0 Å². The second-order valence-electron chi connectivity index (χ2n) is 6.23. The first kappa shape index (κ1) is 17.7. The number of benzene rings is 2. The first-order valence-corrected chi connectivity index (χ1v) is 8.38. The topological polar surface area (TPSA) is 84.1 Å². The van der Waals surface area contributed by atoms with Gasteiger partial charge in [0.2, 0.25) is 5.91 Å². The van der Waals surface area contributed by atoms with Crippen LogP contribution in [0.4, 0.5) is 0 Å². The SMILES string of the molecule is COc1ccc2cc([C@H](C)C(=O)NCc3cc(=O)[nH]c(C)n3)ccc2c1. The summed E-state index contributed by atoms with van der Waals surface area (Å²) in [5.41, 5.74) is 1.24. The van der Waals surface area contributed by atoms with Crippen molar-refractivity contribution >= 4 is 16.7 Å². The third kappa shape index (κ3) is 3.91. The molecule has 0 aliphatic carbocycles. The number of carbonyl (C=O) groups excluding carboxylic acids is 1. The molecule has 2 N–H and O–H groups in total. The third-order valence-electron chi connectivity index (χ3n) is 4.32. The molecule has 3 aromatic rings. The average molecular weight is 351 g/mol. The minimum atomic E-state index is -0.315. The molecule has 2 aromatic carbocycles. The van der Waals surface area contributed by atoms with Crippen LogP contribution >= 0.6 is 0 Å². The molecule has 26 heavy (non-hydrogen) atoms. The van der Waals surface area contributed by atoms with E-state index in [9.17, 15) is 9.59 Å². The van der Waals surface area contributed by atoms with Gasteiger partial charge in [-0.15, -0.1) is 0 Å². The largest absolute Gasteiger partial charge is 0.497 e. The summed E-state index contributed by atoms with van der Waals surface area (Å²) in [6.45, 7) is 3.79. The Labute approximate surface area is 151 Å². The number of nitrogens with zero attached hydrogens (tertiary/aromatic N) is 1. The van der Waals surface area contributed by atoms with E-state index >= 15 is 0 Å². The Morgan fingerprint density at radius 2 is 1.92 bits per heavy atom. The number of aromatic nitrogens is 2. The van der Waals surface area contributed by atoms with Crippen molar-refractivity contribution in [2.45, 2.75) is 26.3 Å². The van der Waals surface area contributed by atoms with Crippen molar-refractivity contribution in [3.8, 4) is 5.75 Å². The van der Waals surface area contributed by atoms with Crippen molar-refractivity contribution in [3.63, 3.8) is 0 Å². The average Bonchev–Trinajstić information content (AvgIpc) is 2.63. The van der Waals surface area contributed by atoms with E-state index < -0.39 is 0 Å². The van der Waals surface area contributed by atoms with E-state index in [4.69, 9.17) is 4.74 Å². The van der Waals surface area contributed by atoms with Gasteiger partial charge in [0.05, 0.1) is 25.3 Å². The molecule has 0 unspecified atom stereocenters. The summed E-state index contributed by atoms with van der Waals surface area (Å²) >= 11 is 0. The molecule has 0 fully saturated rings. The van der Waals surface area contributed by atoms with Crippen LogP contribution in [0, 0.1) is 6.92 Å². The summed E-state index contributed by atoms with van der Waals surface area (Å²) in [5.74, 6) is 0.902. The van der Waals surface area contributed by atoms with E-state index in [1.165, 1.54) is 6.07 Å². The normalized spacial score (nSPS) is 12.0. The van der Waals surface area contributed by atoms with Crippen LogP contribution in [0.15, 0.2) is 47.3 Å². The van der Waals surface area contributed by atoms with E-state index in [0.29, 0.717) is 11.5 Å². The number of aryl methyl sites for hydroxylation is 1. The quantitative estimate of drug-likeness (QED) is 0.740. The smallest absolute Gasteiger partial charge is 0.251 e. The highest BCUT2D eigenvalue weighted by molar-refractivity contribution is 5.88. The molecule has 6 heteroatoms. The van der Waals surface area contributed by atoms with Gasteiger partial charge in [-0.3, -0.25) is 9.59 Å². The lowest BCUT2D eigenvalue weighted by atomic mass is 9.97. The number of methoxy groups -OCH3 is 1. The lowest BCUT2D eigenvalue weighted by Crippen LogP contribution is -2.28. The van der Waals surface area contributed by atoms with Crippen LogP contribution in [0.3, 0.4) is 0 Å². The van der Waals surface area contributed by atoms with Gasteiger partial charge in [-0.25, -0.2) is 4.98 Å². The second-order valence-corrected chi connectivity index (χ2v) is 6.23. The maximum absolute atomic E-state index is 12.5. The summed E-state index contributed by atoms with van der Waals surface area (Å²) in [6.07, 6.45) is 0. The molecule has 3 rings (SSSR count). The van der Waals surface area contributed by atoms with Crippen molar-refractivity contribution in [2.24, 2.45) is 0 Å². The van der Waals surface area contributed by atoms with Crippen LogP contribution in [-0.2, 0) is 11.3 Å². The van der Waals surface area contributed by atoms with Gasteiger partial charge in [-0.05, 0) is 42.3 Å². The summed E-state index contributed by atoms with van der Waals surface area (Å²) in [6, 6.07) is 13.2. The second kappa shape index (κ2) is 7.39. The Bertz CT molecular complexity index is 1010. The van der Waals surface area contributed by atoms with Crippen LogP contribution in [0.2, 0.25) is 0 Å². The third-order valence-corrected chi connectivity index (χ3v) is 4.32. The number of nitrogens with one attached hydrogen (secondary N) is 2. The number of fused-ring (bicyclic) bond motifs is 1. The highest BCUT2D eigenvalue weighted by atomic mass is 16.5. The number of hydrogen-bond acceptors (Lipinski definition) is 4. The molecule has 6 nitrogen and oxygen atoms in total. The minimum absolute atomic E-state index is 0.113. The summed E-state index contributed by atoms with van der Waals surface area (Å²) < 4.78 is 5.23. The summed E-state index contributed by atoms with van der Waals surface area (Å²) in [5, 5.41) is 4.95. The van der Waals surface area contributed by atoms with Gasteiger partial charge in [-0.1, -0.05) is 24.3 Å². The van der Waals surface area contributed by atoms with E-state index in [-0.39, 0.29) is 23.9 Å². The molecule has 0 aliphatic heterocycles. The molecule has 134 valence electrons. The van der Waals surface area contributed by atoms with Gasteiger partial charge < -0.3 is 15.0 Å². The van der Waals surface area contributed by atoms with Crippen LogP contribution in [0.5, 0.6) is 5.75 Å². The Kier molecular flexibility index (Phi) is 5.02. The van der Waals surface area contributed by atoms with E-state index in [2.05, 4.69) is 15.3 Å². The van der Waals surface area contributed by atoms with Gasteiger partial charge in [0.15, 0.2) is 0 Å². The number of amides is 1. The fraction of sp³-hybridized carbons (Fsp3) is 0.250. The molecule has 0 radical (unpaired) electrons. The predicted octanol–water partition coefficient (Wildman–Crippen LogP) is 2.66. The lowest BCUT2D eigenvalue weighted by Gasteiger charge is -2.13. The Morgan fingerprint density at radius 3 is 2.65 bits per heavy atom. The molecular formula is C20H21N3O3. The number of H-pyrrole nitrogens is 1. The molecular weight excluding hydrogens is 330 g/mol. The highest BCUT2D eigenvalue weighted by Gasteiger charge is 2.15. The fourth-order valence-electron chi connectivity index (χ4n) is 2.85. The Morgan fingerprint density at radius 1 is 1.19 bits per heavy atom. The molecule has 0 saturated carbocycles. The summed E-state index contributed by atoms with van der Waals surface area (Å²) in [4.78, 5) is 30.7. The molecule has 0 aliphatic rings. The van der Waals surface area contributed by atoms with Crippen LogP contribution in [0.1, 0.15) is 29.9 Å². The number of hydrogen-bond donors (Lipinski definition) is 2. The van der Waals surface area contributed by atoms with Crippen molar-refractivity contribution in [3.05, 3.63) is 69.9 Å². The van der Waals surface area contributed by atoms with Crippen LogP contribution < -0.4 is 15.6 Å². The number of rotatable bonds is 5. The Hall–Kier alpha value is -3.15. The van der Waals surface area contributed by atoms with Crippen molar-refractivity contribution in [2.75, 3.05) is 7.11 Å². The number of carbonyl (C=O) groups is 1. The minimum Gasteiger partial charge on any atom is -0.497 e. The lowest BCUT2D eigenvalue weighted by molar-refractivity contribution is -0.122. The fourth-order valence-corrected chi connectivity index (χ4v) is 2.85. The number of ether oxygens (including phenoxy) is 1. The number of aromatic amines is 1. The Balaban J connectivity index is 1.73. The monoisotopic (exact) mass is 351 g/mol. The van der Waals surface area contributed by atoms with Crippen molar-refractivity contribution in [1.29, 1.82) is 0 Å².